The summed E-state index contributed by atoms with van der Waals surface area (Å²) in [7, 11) is 0. The molecule has 0 radical (unpaired) electrons. The summed E-state index contributed by atoms with van der Waals surface area (Å²) in [6.07, 6.45) is -2.98. The fourth-order valence-electron chi connectivity index (χ4n) is 5.60. The minimum absolute atomic E-state index is 0.0440. The van der Waals surface area contributed by atoms with Crippen molar-refractivity contribution < 1.29 is 54.1 Å². The van der Waals surface area contributed by atoms with Crippen LogP contribution in [0.25, 0.3) is 10.8 Å². The summed E-state index contributed by atoms with van der Waals surface area (Å²) in [4.78, 5) is 22.8. The number of aliphatic carboxylic acids is 2. The third-order valence-corrected chi connectivity index (χ3v) is 8.01. The van der Waals surface area contributed by atoms with Crippen LogP contribution in [0.4, 0.5) is 0 Å². The Labute approximate surface area is 244 Å². The van der Waals surface area contributed by atoms with Gasteiger partial charge in [0.05, 0.1) is 43.0 Å². The monoisotopic (exact) mass is 588 g/mol. The maximum absolute atomic E-state index is 11.6. The Morgan fingerprint density at radius 3 is 2.52 bits per heavy atom. The van der Waals surface area contributed by atoms with Crippen LogP contribution >= 0.6 is 0 Å². The molecule has 0 aromatic heterocycles. The van der Waals surface area contributed by atoms with Crippen LogP contribution in [-0.4, -0.2) is 93.9 Å². The van der Waals surface area contributed by atoms with Crippen molar-refractivity contribution in [1.82, 2.24) is 0 Å². The van der Waals surface area contributed by atoms with Gasteiger partial charge in [0.15, 0.2) is 0 Å². The molecule has 2 aliphatic heterocycles. The summed E-state index contributed by atoms with van der Waals surface area (Å²) < 4.78 is 23.7. The van der Waals surface area contributed by atoms with Crippen molar-refractivity contribution in [3.63, 3.8) is 0 Å². The fourth-order valence-corrected chi connectivity index (χ4v) is 5.60. The van der Waals surface area contributed by atoms with E-state index in [0.717, 1.165) is 11.8 Å². The van der Waals surface area contributed by atoms with E-state index in [1.54, 1.807) is 31.2 Å². The number of carbonyl (C=O) groups is 2. The normalized spacial score (nSPS) is 28.7. The van der Waals surface area contributed by atoms with Gasteiger partial charge < -0.3 is 44.5 Å². The van der Waals surface area contributed by atoms with E-state index in [0.29, 0.717) is 40.7 Å². The Hall–Kier alpha value is -3.06. The van der Waals surface area contributed by atoms with E-state index < -0.39 is 61.6 Å². The molecule has 2 aromatic carbocycles. The third kappa shape index (κ3) is 7.47. The van der Waals surface area contributed by atoms with Gasteiger partial charge in [0.1, 0.15) is 31.2 Å². The first-order valence-electron chi connectivity index (χ1n) is 14.2. The Morgan fingerprint density at radius 2 is 1.83 bits per heavy atom. The van der Waals surface area contributed by atoms with Crippen LogP contribution in [0.3, 0.4) is 0 Å². The molecule has 230 valence electrons. The molecular weight excluding hydrogens is 548 g/mol. The van der Waals surface area contributed by atoms with Crippen LogP contribution < -0.4 is 4.74 Å². The number of carboxylic acids is 2. The van der Waals surface area contributed by atoms with Crippen molar-refractivity contribution in [2.75, 3.05) is 19.8 Å². The number of hydrogen-bond donors (Lipinski definition) is 5. The van der Waals surface area contributed by atoms with Gasteiger partial charge in [-0.05, 0) is 54.7 Å². The molecular formula is C31H40O11. The van der Waals surface area contributed by atoms with Crippen molar-refractivity contribution in [2.24, 2.45) is 0 Å². The van der Waals surface area contributed by atoms with E-state index in [4.69, 9.17) is 24.1 Å². The first-order chi connectivity index (χ1) is 20.0. The summed E-state index contributed by atoms with van der Waals surface area (Å²) in [5.41, 5.74) is 1.91. The lowest BCUT2D eigenvalue weighted by atomic mass is 9.89. The van der Waals surface area contributed by atoms with Crippen molar-refractivity contribution >= 4 is 22.7 Å². The second kappa shape index (κ2) is 13.9. The summed E-state index contributed by atoms with van der Waals surface area (Å²) >= 11 is 0. The van der Waals surface area contributed by atoms with E-state index in [2.05, 4.69) is 6.58 Å². The van der Waals surface area contributed by atoms with Gasteiger partial charge in [-0.3, -0.25) is 4.79 Å². The lowest BCUT2D eigenvalue weighted by Gasteiger charge is -2.39. The molecule has 42 heavy (non-hydrogen) atoms. The largest absolute Gasteiger partial charge is 0.489 e. The van der Waals surface area contributed by atoms with Crippen molar-refractivity contribution in [1.29, 1.82) is 0 Å². The topological polar surface area (TPSA) is 172 Å². The number of ether oxygens (including phenoxy) is 4. The van der Waals surface area contributed by atoms with Crippen molar-refractivity contribution in [3.8, 4) is 5.75 Å². The predicted octanol–water partition coefficient (Wildman–Crippen LogP) is 2.93. The number of aliphatic hydroxyl groups excluding tert-OH is 3. The predicted molar refractivity (Wildman–Crippen MR) is 152 cm³/mol. The van der Waals surface area contributed by atoms with E-state index >= 15 is 0 Å². The van der Waals surface area contributed by atoms with Gasteiger partial charge in [-0.1, -0.05) is 30.8 Å². The Bertz CT molecular complexity index is 1280. The number of rotatable bonds is 12. The smallest absolute Gasteiger partial charge is 0.329 e. The zero-order valence-corrected chi connectivity index (χ0v) is 23.8. The highest BCUT2D eigenvalue weighted by atomic mass is 16.6. The molecule has 2 fully saturated rings. The van der Waals surface area contributed by atoms with Gasteiger partial charge in [0, 0.05) is 18.4 Å². The standard InChI is InChI=1S/C31H40O11/c1-16(10-24-22(33)8-4-17(2)41-24)14-39-23-9-6-20-11-19(18(3)31(37)38)5-7-21(20)29(23)25-12-26(40-15-28(34)35)30(36)27(13-32)42-25/h5-7,9,11,17-18,22,24-27,30,32-33,36H,1,4,8,10,12-15H2,2-3H3,(H,34,35)(H,37,38)/t17-,18-,22?,24?,25?,26?,27?,30?/m0/s1. The molecule has 0 amide bonds. The summed E-state index contributed by atoms with van der Waals surface area (Å²) in [5, 5.41) is 51.0. The minimum atomic E-state index is -1.25. The van der Waals surface area contributed by atoms with E-state index in [1.165, 1.54) is 0 Å². The summed E-state index contributed by atoms with van der Waals surface area (Å²) in [6.45, 7) is 6.65. The molecule has 5 N–H and O–H groups in total. The third-order valence-electron chi connectivity index (χ3n) is 8.01. The molecule has 0 bridgehead atoms. The maximum Gasteiger partial charge on any atom is 0.329 e. The van der Waals surface area contributed by atoms with E-state index in [1.807, 2.05) is 13.0 Å². The number of fused-ring (bicyclic) bond motifs is 1. The molecule has 0 saturated carbocycles. The van der Waals surface area contributed by atoms with Crippen molar-refractivity contribution in [2.45, 2.75) is 88.2 Å². The number of aliphatic hydroxyl groups is 3. The molecule has 2 aliphatic rings. The molecule has 11 nitrogen and oxygen atoms in total. The van der Waals surface area contributed by atoms with Crippen LogP contribution in [-0.2, 0) is 23.8 Å². The molecule has 11 heteroatoms. The molecule has 2 heterocycles. The Kier molecular flexibility index (Phi) is 10.6. The molecule has 4 rings (SSSR count). The molecule has 6 unspecified atom stereocenters. The summed E-state index contributed by atoms with van der Waals surface area (Å²) in [5.74, 6) is -2.44. The average Bonchev–Trinajstić information content (AvgIpc) is 2.96. The molecule has 8 atom stereocenters. The molecule has 0 spiro atoms. The van der Waals surface area contributed by atoms with Gasteiger partial charge in [-0.25, -0.2) is 4.79 Å². The fraction of sp³-hybridized carbons (Fsp3) is 0.548. The minimum Gasteiger partial charge on any atom is -0.489 e. The average molecular weight is 589 g/mol. The Morgan fingerprint density at radius 1 is 1.07 bits per heavy atom. The van der Waals surface area contributed by atoms with Crippen LogP contribution in [0.1, 0.15) is 62.7 Å². The lowest BCUT2D eigenvalue weighted by molar-refractivity contribution is -0.198. The Balaban J connectivity index is 1.66. The maximum atomic E-state index is 11.6. The number of hydrogen-bond acceptors (Lipinski definition) is 9. The molecule has 2 saturated heterocycles. The SMILES string of the molecule is C=C(COc1ccc2cc([C@H](C)C(=O)O)ccc2c1C1CC(OCC(=O)O)C(O)C(CO)O1)CC1O[C@@H](C)CCC1O. The molecule has 2 aromatic rings. The number of benzene rings is 2. The summed E-state index contributed by atoms with van der Waals surface area (Å²) in [6, 6.07) is 8.83. The molecule has 0 aliphatic carbocycles. The lowest BCUT2D eigenvalue weighted by Crippen LogP contribution is -2.49. The van der Waals surface area contributed by atoms with Crippen LogP contribution in [0.15, 0.2) is 42.5 Å². The highest BCUT2D eigenvalue weighted by Crippen LogP contribution is 2.42. The quantitative estimate of drug-likeness (QED) is 0.231. The zero-order valence-electron chi connectivity index (χ0n) is 23.8. The highest BCUT2D eigenvalue weighted by Gasteiger charge is 2.40. The van der Waals surface area contributed by atoms with Gasteiger partial charge in [-0.15, -0.1) is 0 Å². The second-order valence-electron chi connectivity index (χ2n) is 11.2. The first kappa shape index (κ1) is 31.9. The van der Waals surface area contributed by atoms with Gasteiger partial charge in [0.2, 0.25) is 0 Å². The van der Waals surface area contributed by atoms with Gasteiger partial charge in [0.25, 0.3) is 0 Å². The van der Waals surface area contributed by atoms with Crippen LogP contribution in [0.5, 0.6) is 5.75 Å². The van der Waals surface area contributed by atoms with Crippen LogP contribution in [0.2, 0.25) is 0 Å². The van der Waals surface area contributed by atoms with Crippen LogP contribution in [0, 0.1) is 0 Å². The highest BCUT2D eigenvalue weighted by molar-refractivity contribution is 5.90. The zero-order chi connectivity index (χ0) is 30.6. The first-order valence-corrected chi connectivity index (χ1v) is 14.2. The van der Waals surface area contributed by atoms with E-state index in [-0.39, 0.29) is 25.2 Å². The van der Waals surface area contributed by atoms with E-state index in [9.17, 15) is 30.0 Å². The van der Waals surface area contributed by atoms with Gasteiger partial charge >= 0.3 is 11.9 Å². The van der Waals surface area contributed by atoms with Gasteiger partial charge in [-0.2, -0.15) is 0 Å². The number of carboxylic acid groups (broad SMARTS) is 2. The van der Waals surface area contributed by atoms with Crippen molar-refractivity contribution in [3.05, 3.63) is 53.6 Å². The second-order valence-corrected chi connectivity index (χ2v) is 11.2.